The minimum Gasteiger partial charge on any atom is -0.479 e. The molecule has 1 aromatic heterocycles. The van der Waals surface area contributed by atoms with Gasteiger partial charge in [0, 0.05) is 32.4 Å². The Morgan fingerprint density at radius 3 is 2.68 bits per heavy atom. The molecule has 2 rings (SSSR count). The van der Waals surface area contributed by atoms with Gasteiger partial charge in [0.15, 0.2) is 0 Å². The molecule has 0 spiro atoms. The zero-order valence-electron chi connectivity index (χ0n) is 15.2. The number of carbonyl (C=O) groups excluding carboxylic acids is 1. The molecule has 0 radical (unpaired) electrons. The molecule has 0 atom stereocenters. The van der Waals surface area contributed by atoms with Crippen molar-refractivity contribution in [2.24, 2.45) is 7.05 Å². The van der Waals surface area contributed by atoms with Crippen LogP contribution in [0.15, 0.2) is 6.20 Å². The molecule has 8 nitrogen and oxygen atoms in total. The predicted molar refractivity (Wildman–Crippen MR) is 95.1 cm³/mol. The predicted octanol–water partition coefficient (Wildman–Crippen LogP) is 1.14. The van der Waals surface area contributed by atoms with Crippen molar-refractivity contribution in [3.8, 4) is 5.88 Å². The van der Waals surface area contributed by atoms with Crippen LogP contribution in [0, 0.1) is 0 Å². The average Bonchev–Trinajstić information content (AvgIpc) is 2.97. The fourth-order valence-electron chi connectivity index (χ4n) is 3.33. The summed E-state index contributed by atoms with van der Waals surface area (Å²) in [7, 11) is -0.269. The van der Waals surface area contributed by atoms with E-state index in [1.165, 1.54) is 18.2 Å². The van der Waals surface area contributed by atoms with Crippen LogP contribution in [0.25, 0.3) is 0 Å². The van der Waals surface area contributed by atoms with Gasteiger partial charge in [0.25, 0.3) is 5.91 Å². The number of nitrogens with zero attached hydrogens (tertiary/aromatic N) is 3. The first-order chi connectivity index (χ1) is 11.9. The van der Waals surface area contributed by atoms with Gasteiger partial charge in [-0.3, -0.25) is 9.48 Å². The van der Waals surface area contributed by atoms with Gasteiger partial charge in [-0.25, -0.2) is 8.42 Å². The van der Waals surface area contributed by atoms with E-state index in [4.69, 9.17) is 4.74 Å². The minimum atomic E-state index is -3.39. The van der Waals surface area contributed by atoms with Crippen LogP contribution in [0.3, 0.4) is 0 Å². The molecule has 1 fully saturated rings. The van der Waals surface area contributed by atoms with E-state index in [2.05, 4.69) is 10.4 Å². The monoisotopic (exact) mass is 372 g/mol. The Labute approximate surface area is 149 Å². The summed E-state index contributed by atoms with van der Waals surface area (Å²) in [5.41, 5.74) is 0.294. The van der Waals surface area contributed by atoms with Gasteiger partial charge in [-0.2, -0.15) is 4.31 Å². The van der Waals surface area contributed by atoms with Gasteiger partial charge in [-0.15, -0.1) is 5.10 Å². The number of sulfonamides is 1. The number of rotatable bonds is 8. The SMILES string of the molecule is CCN(C1CCCCC1)S(=O)(=O)CCNC(=O)c1cn(C)nc1OC. The fraction of sp³-hybridized carbons (Fsp3) is 0.750. The van der Waals surface area contributed by atoms with E-state index in [-0.39, 0.29) is 30.1 Å². The van der Waals surface area contributed by atoms with Gasteiger partial charge in [0.2, 0.25) is 15.9 Å². The van der Waals surface area contributed by atoms with Crippen molar-refractivity contribution in [2.45, 2.75) is 45.1 Å². The van der Waals surface area contributed by atoms with Crippen molar-refractivity contribution >= 4 is 15.9 Å². The molecule has 1 amide bonds. The fourth-order valence-corrected chi connectivity index (χ4v) is 4.98. The van der Waals surface area contributed by atoms with E-state index < -0.39 is 10.0 Å². The van der Waals surface area contributed by atoms with E-state index in [0.717, 1.165) is 25.7 Å². The second kappa shape index (κ2) is 8.66. The van der Waals surface area contributed by atoms with Crippen LogP contribution in [0.5, 0.6) is 5.88 Å². The first-order valence-electron chi connectivity index (χ1n) is 8.74. The van der Waals surface area contributed by atoms with Crippen LogP contribution < -0.4 is 10.1 Å². The van der Waals surface area contributed by atoms with Crippen LogP contribution in [0.4, 0.5) is 0 Å². The first kappa shape index (κ1) is 19.7. The number of amides is 1. The number of ether oxygens (including phenoxy) is 1. The van der Waals surface area contributed by atoms with E-state index >= 15 is 0 Å². The van der Waals surface area contributed by atoms with E-state index in [1.807, 2.05) is 6.92 Å². The minimum absolute atomic E-state index is 0.0580. The van der Waals surface area contributed by atoms with Crippen LogP contribution >= 0.6 is 0 Å². The number of methoxy groups -OCH3 is 1. The number of hydrogen-bond acceptors (Lipinski definition) is 5. The summed E-state index contributed by atoms with van der Waals surface area (Å²) in [5, 5.41) is 6.66. The molecule has 1 aliphatic carbocycles. The zero-order chi connectivity index (χ0) is 18.4. The van der Waals surface area contributed by atoms with Crippen LogP contribution in [-0.4, -0.2) is 60.4 Å². The summed E-state index contributed by atoms with van der Waals surface area (Å²) in [6, 6.07) is 0.0952. The maximum atomic E-state index is 12.6. The molecule has 1 aromatic rings. The molecule has 0 unspecified atom stereocenters. The summed E-state index contributed by atoms with van der Waals surface area (Å²) in [4.78, 5) is 12.2. The summed E-state index contributed by atoms with van der Waals surface area (Å²) >= 11 is 0. The first-order valence-corrected chi connectivity index (χ1v) is 10.3. The van der Waals surface area contributed by atoms with Gasteiger partial charge < -0.3 is 10.1 Å². The number of hydrogen-bond donors (Lipinski definition) is 1. The highest BCUT2D eigenvalue weighted by atomic mass is 32.2. The molecular weight excluding hydrogens is 344 g/mol. The molecule has 1 saturated carbocycles. The average molecular weight is 372 g/mol. The van der Waals surface area contributed by atoms with E-state index in [0.29, 0.717) is 12.1 Å². The summed E-state index contributed by atoms with van der Waals surface area (Å²) < 4.78 is 33.4. The number of aromatic nitrogens is 2. The van der Waals surface area contributed by atoms with Gasteiger partial charge in [0.05, 0.1) is 12.9 Å². The van der Waals surface area contributed by atoms with Crippen LogP contribution in [0.2, 0.25) is 0 Å². The lowest BCUT2D eigenvalue weighted by molar-refractivity contribution is 0.0953. The third kappa shape index (κ3) is 4.94. The molecular formula is C16H28N4O4S. The molecule has 0 aliphatic heterocycles. The summed E-state index contributed by atoms with van der Waals surface area (Å²) in [6.07, 6.45) is 6.72. The van der Waals surface area contributed by atoms with Crippen LogP contribution in [0.1, 0.15) is 49.4 Å². The van der Waals surface area contributed by atoms with Crippen molar-refractivity contribution in [1.82, 2.24) is 19.4 Å². The summed E-state index contributed by atoms with van der Waals surface area (Å²) in [5.74, 6) is -0.271. The number of carbonyl (C=O) groups is 1. The molecule has 0 bridgehead atoms. The molecule has 142 valence electrons. The zero-order valence-corrected chi connectivity index (χ0v) is 16.0. The lowest BCUT2D eigenvalue weighted by atomic mass is 9.95. The Hall–Kier alpha value is -1.61. The van der Waals surface area contributed by atoms with Crippen molar-refractivity contribution in [3.05, 3.63) is 11.8 Å². The Morgan fingerprint density at radius 1 is 1.40 bits per heavy atom. The number of aryl methyl sites for hydroxylation is 1. The molecule has 1 aliphatic rings. The van der Waals surface area contributed by atoms with Crippen LogP contribution in [-0.2, 0) is 17.1 Å². The van der Waals surface area contributed by atoms with Gasteiger partial charge in [-0.1, -0.05) is 26.2 Å². The van der Waals surface area contributed by atoms with Crippen molar-refractivity contribution in [3.63, 3.8) is 0 Å². The summed E-state index contributed by atoms with van der Waals surface area (Å²) in [6.45, 7) is 2.39. The highest BCUT2D eigenvalue weighted by Gasteiger charge is 2.29. The highest BCUT2D eigenvalue weighted by Crippen LogP contribution is 2.24. The Morgan fingerprint density at radius 2 is 2.08 bits per heavy atom. The molecule has 9 heteroatoms. The molecule has 1 heterocycles. The maximum absolute atomic E-state index is 12.6. The largest absolute Gasteiger partial charge is 0.479 e. The lowest BCUT2D eigenvalue weighted by Gasteiger charge is -2.32. The Balaban J connectivity index is 1.93. The second-order valence-electron chi connectivity index (χ2n) is 6.29. The van der Waals surface area contributed by atoms with E-state index in [9.17, 15) is 13.2 Å². The Bertz CT molecular complexity index is 680. The maximum Gasteiger partial charge on any atom is 0.258 e. The second-order valence-corrected chi connectivity index (χ2v) is 8.33. The molecule has 0 saturated heterocycles. The van der Waals surface area contributed by atoms with E-state index in [1.54, 1.807) is 17.5 Å². The topological polar surface area (TPSA) is 93.5 Å². The van der Waals surface area contributed by atoms with Gasteiger partial charge in [0.1, 0.15) is 5.56 Å². The Kier molecular flexibility index (Phi) is 6.83. The standard InChI is InChI=1S/C16H28N4O4S/c1-4-20(13-8-6-5-7-9-13)25(22,23)11-10-17-15(21)14-12-19(2)18-16(14)24-3/h12-13H,4-11H2,1-3H3,(H,17,21). The third-order valence-electron chi connectivity index (χ3n) is 4.53. The highest BCUT2D eigenvalue weighted by molar-refractivity contribution is 7.89. The van der Waals surface area contributed by atoms with Crippen molar-refractivity contribution < 1.29 is 17.9 Å². The normalized spacial score (nSPS) is 16.2. The van der Waals surface area contributed by atoms with Gasteiger partial charge >= 0.3 is 0 Å². The van der Waals surface area contributed by atoms with Crippen molar-refractivity contribution in [1.29, 1.82) is 0 Å². The molecule has 0 aromatic carbocycles. The quantitative estimate of drug-likeness (QED) is 0.739. The smallest absolute Gasteiger partial charge is 0.258 e. The third-order valence-corrected chi connectivity index (χ3v) is 6.52. The molecule has 25 heavy (non-hydrogen) atoms. The molecule has 1 N–H and O–H groups in total. The number of nitrogens with one attached hydrogen (secondary N) is 1. The van der Waals surface area contributed by atoms with Crippen molar-refractivity contribution in [2.75, 3.05) is 26.0 Å². The lowest BCUT2D eigenvalue weighted by Crippen LogP contribution is -2.44. The van der Waals surface area contributed by atoms with Gasteiger partial charge in [-0.05, 0) is 12.8 Å².